The molecule has 0 bridgehead atoms. The number of benzene rings is 2. The van der Waals surface area contributed by atoms with E-state index in [1.165, 1.54) is 36.1 Å². The zero-order valence-electron chi connectivity index (χ0n) is 16.2. The van der Waals surface area contributed by atoms with Gasteiger partial charge in [-0.1, -0.05) is 23.4 Å². The first-order valence-corrected chi connectivity index (χ1v) is 10.1. The summed E-state index contributed by atoms with van der Waals surface area (Å²) in [5, 5.41) is 11.6. The molecule has 0 aliphatic rings. The van der Waals surface area contributed by atoms with Gasteiger partial charge in [0.25, 0.3) is 0 Å². The summed E-state index contributed by atoms with van der Waals surface area (Å²) < 4.78 is 24.9. The maximum atomic E-state index is 12.9. The summed E-state index contributed by atoms with van der Waals surface area (Å²) >= 11 is 7.20. The standard InChI is InChI=1S/C19H19ClFN5O3S/c1-11-7-15(16(28-2)8-14(11)20)23-18(27)10-30-19-25-24-17(26(19)22)9-29-13-5-3-12(21)4-6-13/h3-8H,9-10,22H2,1-2H3,(H,23,27). The fourth-order valence-electron chi connectivity index (χ4n) is 2.43. The molecule has 3 rings (SSSR count). The molecule has 11 heteroatoms. The summed E-state index contributed by atoms with van der Waals surface area (Å²) in [5.74, 6) is 6.70. The average molecular weight is 452 g/mol. The Morgan fingerprint density at radius 3 is 2.73 bits per heavy atom. The fourth-order valence-corrected chi connectivity index (χ4v) is 3.26. The van der Waals surface area contributed by atoms with Crippen molar-refractivity contribution in [2.75, 3.05) is 24.0 Å². The number of ether oxygens (including phenoxy) is 2. The normalized spacial score (nSPS) is 10.7. The second kappa shape index (κ2) is 9.68. The first-order chi connectivity index (χ1) is 14.4. The number of carbonyl (C=O) groups is 1. The van der Waals surface area contributed by atoms with Crippen molar-refractivity contribution in [1.82, 2.24) is 14.9 Å². The number of methoxy groups -OCH3 is 1. The van der Waals surface area contributed by atoms with Crippen molar-refractivity contribution in [2.45, 2.75) is 18.7 Å². The lowest BCUT2D eigenvalue weighted by Gasteiger charge is -2.12. The molecule has 1 aromatic heterocycles. The van der Waals surface area contributed by atoms with Gasteiger partial charge in [0, 0.05) is 11.1 Å². The Bertz CT molecular complexity index is 1050. The third-order valence-corrected chi connectivity index (χ3v) is 5.35. The van der Waals surface area contributed by atoms with Gasteiger partial charge in [0.05, 0.1) is 18.6 Å². The van der Waals surface area contributed by atoms with E-state index >= 15 is 0 Å². The maximum absolute atomic E-state index is 12.9. The number of aromatic nitrogens is 3. The van der Waals surface area contributed by atoms with Crippen molar-refractivity contribution in [2.24, 2.45) is 0 Å². The van der Waals surface area contributed by atoms with Crippen LogP contribution < -0.4 is 20.6 Å². The van der Waals surface area contributed by atoms with E-state index in [4.69, 9.17) is 26.9 Å². The average Bonchev–Trinajstić information content (AvgIpc) is 3.08. The minimum atomic E-state index is -0.354. The van der Waals surface area contributed by atoms with Crippen LogP contribution in [0.3, 0.4) is 0 Å². The van der Waals surface area contributed by atoms with E-state index in [9.17, 15) is 9.18 Å². The quantitative estimate of drug-likeness (QED) is 0.399. The molecule has 0 fully saturated rings. The highest BCUT2D eigenvalue weighted by Gasteiger charge is 2.15. The van der Waals surface area contributed by atoms with Gasteiger partial charge in [0.15, 0.2) is 5.82 Å². The van der Waals surface area contributed by atoms with Gasteiger partial charge >= 0.3 is 0 Å². The van der Waals surface area contributed by atoms with Crippen LogP contribution in [0.4, 0.5) is 10.1 Å². The van der Waals surface area contributed by atoms with E-state index < -0.39 is 0 Å². The molecule has 0 atom stereocenters. The van der Waals surface area contributed by atoms with Gasteiger partial charge in [0.1, 0.15) is 23.9 Å². The zero-order valence-corrected chi connectivity index (χ0v) is 17.8. The van der Waals surface area contributed by atoms with Crippen molar-refractivity contribution in [3.05, 3.63) is 58.6 Å². The SMILES string of the molecule is COc1cc(Cl)c(C)cc1NC(=O)CSc1nnc(COc2ccc(F)cc2)n1N. The van der Waals surface area contributed by atoms with Crippen LogP contribution in [0.15, 0.2) is 41.6 Å². The van der Waals surface area contributed by atoms with Gasteiger partial charge in [-0.3, -0.25) is 4.79 Å². The molecular formula is C19H19ClFN5O3S. The predicted octanol–water partition coefficient (Wildman–Crippen LogP) is 3.41. The highest BCUT2D eigenvalue weighted by atomic mass is 35.5. The summed E-state index contributed by atoms with van der Waals surface area (Å²) in [6.45, 7) is 1.88. The van der Waals surface area contributed by atoms with Gasteiger partial charge in [-0.15, -0.1) is 10.2 Å². The number of amides is 1. The van der Waals surface area contributed by atoms with Crippen LogP contribution >= 0.6 is 23.4 Å². The molecule has 158 valence electrons. The number of aryl methyl sites for hydroxylation is 1. The lowest BCUT2D eigenvalue weighted by Crippen LogP contribution is -2.18. The summed E-state index contributed by atoms with van der Waals surface area (Å²) in [4.78, 5) is 12.3. The molecule has 8 nitrogen and oxygen atoms in total. The molecule has 0 aliphatic carbocycles. The molecule has 3 aromatic rings. The lowest BCUT2D eigenvalue weighted by molar-refractivity contribution is -0.113. The Morgan fingerprint density at radius 2 is 2.03 bits per heavy atom. The maximum Gasteiger partial charge on any atom is 0.234 e. The predicted molar refractivity (Wildman–Crippen MR) is 113 cm³/mol. The molecule has 2 aromatic carbocycles. The topological polar surface area (TPSA) is 104 Å². The molecule has 0 unspecified atom stereocenters. The van der Waals surface area contributed by atoms with Crippen molar-refractivity contribution < 1.29 is 18.7 Å². The van der Waals surface area contributed by atoms with Crippen molar-refractivity contribution in [1.29, 1.82) is 0 Å². The third-order valence-electron chi connectivity index (χ3n) is 4.00. The molecule has 0 saturated carbocycles. The molecule has 0 aliphatic heterocycles. The number of thioether (sulfide) groups is 1. The van der Waals surface area contributed by atoms with Crippen LogP contribution in [-0.2, 0) is 11.4 Å². The van der Waals surface area contributed by atoms with Gasteiger partial charge in [-0.05, 0) is 42.8 Å². The van der Waals surface area contributed by atoms with Crippen LogP contribution in [0, 0.1) is 12.7 Å². The number of nitrogen functional groups attached to an aromatic ring is 1. The minimum absolute atomic E-state index is 0.0448. The van der Waals surface area contributed by atoms with E-state index in [2.05, 4.69) is 15.5 Å². The Kier molecular flexibility index (Phi) is 7.01. The Hall–Kier alpha value is -2.98. The smallest absolute Gasteiger partial charge is 0.234 e. The van der Waals surface area contributed by atoms with Gasteiger partial charge in [-0.2, -0.15) is 0 Å². The van der Waals surface area contributed by atoms with E-state index in [1.54, 1.807) is 12.1 Å². The third kappa shape index (κ3) is 5.33. The molecule has 30 heavy (non-hydrogen) atoms. The molecule has 0 saturated heterocycles. The number of nitrogens with zero attached hydrogens (tertiary/aromatic N) is 3. The second-order valence-electron chi connectivity index (χ2n) is 6.15. The number of carbonyl (C=O) groups excluding carboxylic acids is 1. The Morgan fingerprint density at radius 1 is 1.30 bits per heavy atom. The number of hydrogen-bond acceptors (Lipinski definition) is 7. The van der Waals surface area contributed by atoms with E-state index in [0.717, 1.165) is 17.3 Å². The monoisotopic (exact) mass is 451 g/mol. The number of nitrogens with one attached hydrogen (secondary N) is 1. The second-order valence-corrected chi connectivity index (χ2v) is 7.50. The van der Waals surface area contributed by atoms with E-state index in [0.29, 0.717) is 33.2 Å². The van der Waals surface area contributed by atoms with E-state index in [1.807, 2.05) is 6.92 Å². The highest BCUT2D eigenvalue weighted by molar-refractivity contribution is 7.99. The first kappa shape index (κ1) is 21.7. The number of hydrogen-bond donors (Lipinski definition) is 2. The van der Waals surface area contributed by atoms with Crippen LogP contribution in [-0.4, -0.2) is 33.6 Å². The molecule has 1 heterocycles. The summed E-state index contributed by atoms with van der Waals surface area (Å²) in [6.07, 6.45) is 0. The Labute approximate surface area is 181 Å². The molecule has 1 amide bonds. The van der Waals surface area contributed by atoms with Gasteiger partial charge in [0.2, 0.25) is 11.1 Å². The number of anilines is 1. The van der Waals surface area contributed by atoms with Gasteiger partial charge in [-0.25, -0.2) is 9.07 Å². The summed E-state index contributed by atoms with van der Waals surface area (Å²) in [6, 6.07) is 8.96. The van der Waals surface area contributed by atoms with Gasteiger partial charge < -0.3 is 20.6 Å². The molecular weight excluding hydrogens is 433 g/mol. The Balaban J connectivity index is 1.56. The molecule has 0 spiro atoms. The van der Waals surface area contributed by atoms with Crippen LogP contribution in [0.5, 0.6) is 11.5 Å². The van der Waals surface area contributed by atoms with Crippen molar-refractivity contribution in [3.63, 3.8) is 0 Å². The lowest BCUT2D eigenvalue weighted by atomic mass is 10.2. The summed E-state index contributed by atoms with van der Waals surface area (Å²) in [7, 11) is 1.50. The highest BCUT2D eigenvalue weighted by Crippen LogP contribution is 2.31. The number of nitrogens with two attached hydrogens (primary N) is 1. The molecule has 0 radical (unpaired) electrons. The van der Waals surface area contributed by atoms with E-state index in [-0.39, 0.29) is 24.1 Å². The number of rotatable bonds is 8. The van der Waals surface area contributed by atoms with Crippen LogP contribution in [0.25, 0.3) is 0 Å². The van der Waals surface area contributed by atoms with Crippen LogP contribution in [0.1, 0.15) is 11.4 Å². The molecule has 3 N–H and O–H groups in total. The fraction of sp³-hybridized carbons (Fsp3) is 0.211. The van der Waals surface area contributed by atoms with Crippen molar-refractivity contribution >= 4 is 35.0 Å². The minimum Gasteiger partial charge on any atom is -0.495 e. The zero-order chi connectivity index (χ0) is 21.7. The van der Waals surface area contributed by atoms with Crippen LogP contribution in [0.2, 0.25) is 5.02 Å². The summed E-state index contributed by atoms with van der Waals surface area (Å²) in [5.41, 5.74) is 1.33. The largest absolute Gasteiger partial charge is 0.495 e. The first-order valence-electron chi connectivity index (χ1n) is 8.72. The number of halogens is 2. The van der Waals surface area contributed by atoms with Crippen molar-refractivity contribution in [3.8, 4) is 11.5 Å².